The highest BCUT2D eigenvalue weighted by Gasteiger charge is 2.24. The summed E-state index contributed by atoms with van der Waals surface area (Å²) in [6.45, 7) is 3.14. The molecule has 0 saturated heterocycles. The predicted molar refractivity (Wildman–Crippen MR) is 80.6 cm³/mol. The summed E-state index contributed by atoms with van der Waals surface area (Å²) in [5, 5.41) is 6.32. The van der Waals surface area contributed by atoms with E-state index in [0.717, 1.165) is 0 Å². The molecule has 0 bridgehead atoms. The summed E-state index contributed by atoms with van der Waals surface area (Å²) in [6.07, 6.45) is 0. The molecule has 122 valence electrons. The first-order chi connectivity index (χ1) is 10.9. The van der Waals surface area contributed by atoms with Gasteiger partial charge in [0.1, 0.15) is 16.3 Å². The van der Waals surface area contributed by atoms with Gasteiger partial charge in [-0.2, -0.15) is 0 Å². The molecular formula is C14H15N3O5S. The fourth-order valence-electron chi connectivity index (χ4n) is 2.34. The number of nitrogens with zero attached hydrogens (tertiary/aromatic N) is 1. The average molecular weight is 337 g/mol. The van der Waals surface area contributed by atoms with Crippen LogP contribution in [0.25, 0.3) is 0 Å². The molecule has 1 aliphatic rings. The molecule has 2 heterocycles. The third kappa shape index (κ3) is 3.06. The third-order valence-electron chi connectivity index (χ3n) is 3.38. The Kier molecular flexibility index (Phi) is 3.82. The average Bonchev–Trinajstić information content (AvgIpc) is 2.85. The first kappa shape index (κ1) is 15.5. The number of fused-ring (bicyclic) bond motifs is 1. The normalized spacial score (nSPS) is 14.1. The highest BCUT2D eigenvalue weighted by Crippen LogP contribution is 2.28. The Morgan fingerprint density at radius 3 is 2.83 bits per heavy atom. The Hall–Kier alpha value is -2.39. The fourth-order valence-corrected chi connectivity index (χ4v) is 3.68. The molecular weight excluding hydrogens is 322 g/mol. The van der Waals surface area contributed by atoms with Gasteiger partial charge in [-0.3, -0.25) is 4.79 Å². The van der Waals surface area contributed by atoms with E-state index in [1.165, 1.54) is 0 Å². The summed E-state index contributed by atoms with van der Waals surface area (Å²) in [4.78, 5) is 11.3. The van der Waals surface area contributed by atoms with Crippen molar-refractivity contribution in [3.63, 3.8) is 0 Å². The molecule has 9 heteroatoms. The first-order valence-corrected chi connectivity index (χ1v) is 8.33. The molecule has 0 atom stereocenters. The molecule has 2 N–H and O–H groups in total. The number of benzene rings is 1. The van der Waals surface area contributed by atoms with Crippen LogP contribution in [0.3, 0.4) is 0 Å². The van der Waals surface area contributed by atoms with Crippen LogP contribution in [-0.4, -0.2) is 26.1 Å². The molecule has 0 spiro atoms. The molecule has 1 aromatic heterocycles. The number of ether oxygens (including phenoxy) is 1. The molecule has 0 aliphatic carbocycles. The smallest absolute Gasteiger partial charge is 0.262 e. The maximum atomic E-state index is 12.3. The van der Waals surface area contributed by atoms with Crippen LogP contribution in [0.1, 0.15) is 17.0 Å². The second kappa shape index (κ2) is 5.67. The van der Waals surface area contributed by atoms with Gasteiger partial charge in [-0.15, -0.1) is 0 Å². The molecule has 2 aromatic rings. The van der Waals surface area contributed by atoms with Crippen molar-refractivity contribution in [1.29, 1.82) is 0 Å². The summed E-state index contributed by atoms with van der Waals surface area (Å²) in [5.74, 6) is 0.537. The topological polar surface area (TPSA) is 111 Å². The highest BCUT2D eigenvalue weighted by molar-refractivity contribution is 7.89. The van der Waals surface area contributed by atoms with E-state index in [1.54, 1.807) is 32.0 Å². The van der Waals surface area contributed by atoms with E-state index in [4.69, 9.17) is 9.26 Å². The van der Waals surface area contributed by atoms with Gasteiger partial charge >= 0.3 is 0 Å². The number of carbonyl (C=O) groups excluding carboxylic acids is 1. The second-order valence-electron chi connectivity index (χ2n) is 5.15. The predicted octanol–water partition coefficient (Wildman–Crippen LogP) is 1.10. The Labute approximate surface area is 132 Å². The third-order valence-corrected chi connectivity index (χ3v) is 5.03. The molecule has 3 rings (SSSR count). The summed E-state index contributed by atoms with van der Waals surface area (Å²) in [5.41, 5.74) is 1.58. The lowest BCUT2D eigenvalue weighted by atomic mass is 10.2. The van der Waals surface area contributed by atoms with E-state index in [-0.39, 0.29) is 29.7 Å². The SMILES string of the molecule is Cc1noc(C)c1S(=O)(=O)NCc1ccc2c(c1)OCC(=O)N2. The first-order valence-electron chi connectivity index (χ1n) is 6.85. The molecule has 8 nitrogen and oxygen atoms in total. The highest BCUT2D eigenvalue weighted by atomic mass is 32.2. The van der Waals surface area contributed by atoms with Crippen LogP contribution in [0.5, 0.6) is 5.75 Å². The molecule has 0 radical (unpaired) electrons. The minimum Gasteiger partial charge on any atom is -0.482 e. The van der Waals surface area contributed by atoms with Crippen molar-refractivity contribution in [2.24, 2.45) is 0 Å². The summed E-state index contributed by atoms with van der Waals surface area (Å²) in [6, 6.07) is 5.07. The monoisotopic (exact) mass is 337 g/mol. The van der Waals surface area contributed by atoms with E-state index in [2.05, 4.69) is 15.2 Å². The van der Waals surface area contributed by atoms with E-state index >= 15 is 0 Å². The van der Waals surface area contributed by atoms with Gasteiger partial charge in [0.2, 0.25) is 10.0 Å². The number of hydrogen-bond donors (Lipinski definition) is 2. The maximum absolute atomic E-state index is 12.3. The number of sulfonamides is 1. The van der Waals surface area contributed by atoms with Crippen LogP contribution in [0, 0.1) is 13.8 Å². The van der Waals surface area contributed by atoms with Crippen molar-refractivity contribution in [2.45, 2.75) is 25.3 Å². The quantitative estimate of drug-likeness (QED) is 0.864. The fraction of sp³-hybridized carbons (Fsp3) is 0.286. The van der Waals surface area contributed by atoms with Gasteiger partial charge in [-0.1, -0.05) is 11.2 Å². The number of anilines is 1. The molecule has 0 fully saturated rings. The number of hydrogen-bond acceptors (Lipinski definition) is 6. The van der Waals surface area contributed by atoms with Crippen LogP contribution in [0.15, 0.2) is 27.6 Å². The largest absolute Gasteiger partial charge is 0.482 e. The van der Waals surface area contributed by atoms with Crippen molar-refractivity contribution in [3.05, 3.63) is 35.2 Å². The van der Waals surface area contributed by atoms with E-state index in [0.29, 0.717) is 22.7 Å². The van der Waals surface area contributed by atoms with Gasteiger partial charge < -0.3 is 14.6 Å². The molecule has 0 unspecified atom stereocenters. The zero-order chi connectivity index (χ0) is 16.6. The van der Waals surface area contributed by atoms with Crippen LogP contribution < -0.4 is 14.8 Å². The minimum absolute atomic E-state index is 0.0543. The lowest BCUT2D eigenvalue weighted by Gasteiger charge is -2.18. The Morgan fingerprint density at radius 1 is 1.35 bits per heavy atom. The van der Waals surface area contributed by atoms with Crippen molar-refractivity contribution in [3.8, 4) is 5.75 Å². The van der Waals surface area contributed by atoms with Crippen LogP contribution >= 0.6 is 0 Å². The van der Waals surface area contributed by atoms with Crippen molar-refractivity contribution >= 4 is 21.6 Å². The maximum Gasteiger partial charge on any atom is 0.262 e. The van der Waals surface area contributed by atoms with Gasteiger partial charge in [0.25, 0.3) is 5.91 Å². The Balaban J connectivity index is 1.77. The summed E-state index contributed by atoms with van der Waals surface area (Å²) in [7, 11) is -3.72. The van der Waals surface area contributed by atoms with Crippen LogP contribution in [0.4, 0.5) is 5.69 Å². The Bertz CT molecular complexity index is 853. The van der Waals surface area contributed by atoms with Crippen LogP contribution in [0.2, 0.25) is 0 Å². The van der Waals surface area contributed by atoms with E-state index in [9.17, 15) is 13.2 Å². The zero-order valence-electron chi connectivity index (χ0n) is 12.5. The van der Waals surface area contributed by atoms with Gasteiger partial charge in [-0.25, -0.2) is 13.1 Å². The van der Waals surface area contributed by atoms with E-state index < -0.39 is 10.0 Å². The van der Waals surface area contributed by atoms with Gasteiger partial charge in [-0.05, 0) is 31.5 Å². The lowest BCUT2D eigenvalue weighted by molar-refractivity contribution is -0.118. The number of rotatable bonds is 4. The molecule has 1 amide bonds. The number of amides is 1. The van der Waals surface area contributed by atoms with Crippen molar-refractivity contribution in [2.75, 3.05) is 11.9 Å². The number of aryl methyl sites for hydroxylation is 2. The van der Waals surface area contributed by atoms with E-state index in [1.807, 2.05) is 0 Å². The number of nitrogens with one attached hydrogen (secondary N) is 2. The molecule has 1 aliphatic heterocycles. The lowest BCUT2D eigenvalue weighted by Crippen LogP contribution is -2.26. The second-order valence-corrected chi connectivity index (χ2v) is 6.85. The Morgan fingerprint density at radius 2 is 2.13 bits per heavy atom. The standard InChI is InChI=1S/C14H15N3O5S/c1-8-14(9(2)22-17-8)23(19,20)15-6-10-3-4-11-12(5-10)21-7-13(18)16-11/h3-5,15H,6-7H2,1-2H3,(H,16,18). The van der Waals surface area contributed by atoms with Gasteiger partial charge in [0, 0.05) is 6.54 Å². The van der Waals surface area contributed by atoms with Crippen molar-refractivity contribution in [1.82, 2.24) is 9.88 Å². The zero-order valence-corrected chi connectivity index (χ0v) is 13.4. The molecule has 0 saturated carbocycles. The van der Waals surface area contributed by atoms with Crippen LogP contribution in [-0.2, 0) is 21.4 Å². The number of aromatic nitrogens is 1. The molecule has 1 aromatic carbocycles. The summed E-state index contributed by atoms with van der Waals surface area (Å²) >= 11 is 0. The number of carbonyl (C=O) groups is 1. The van der Waals surface area contributed by atoms with Gasteiger partial charge in [0.05, 0.1) is 5.69 Å². The van der Waals surface area contributed by atoms with Crippen molar-refractivity contribution < 1.29 is 22.5 Å². The summed E-state index contributed by atoms with van der Waals surface area (Å²) < 4.78 is 37.4. The molecule has 23 heavy (non-hydrogen) atoms. The minimum atomic E-state index is -3.72. The van der Waals surface area contributed by atoms with Gasteiger partial charge in [0.15, 0.2) is 12.4 Å².